The van der Waals surface area contributed by atoms with Crippen LogP contribution in [-0.2, 0) is 4.79 Å². The number of hydrogen-bond acceptors (Lipinski definition) is 4. The van der Waals surface area contributed by atoms with Gasteiger partial charge in [-0.05, 0) is 12.1 Å². The van der Waals surface area contributed by atoms with E-state index in [1.54, 1.807) is 36.4 Å². The first kappa shape index (κ1) is 19.6. The van der Waals surface area contributed by atoms with Gasteiger partial charge in [-0.15, -0.1) is 0 Å². The van der Waals surface area contributed by atoms with Gasteiger partial charge in [-0.2, -0.15) is 0 Å². The van der Waals surface area contributed by atoms with Crippen LogP contribution in [0.3, 0.4) is 0 Å². The van der Waals surface area contributed by atoms with Gasteiger partial charge in [0.05, 0.1) is 24.9 Å². The van der Waals surface area contributed by atoms with Gasteiger partial charge in [-0.3, -0.25) is 9.59 Å². The summed E-state index contributed by atoms with van der Waals surface area (Å²) in [5.74, 6) is 0.485. The largest absolute Gasteiger partial charge is 0.495 e. The molecule has 0 aliphatic heterocycles. The quantitative estimate of drug-likeness (QED) is 0.806. The van der Waals surface area contributed by atoms with Crippen LogP contribution in [0.2, 0.25) is 5.02 Å². The first-order valence-electron chi connectivity index (χ1n) is 8.00. The molecule has 0 saturated carbocycles. The molecule has 0 aliphatic carbocycles. The third-order valence-electron chi connectivity index (χ3n) is 3.78. The summed E-state index contributed by atoms with van der Waals surface area (Å²) in [6.07, 6.45) is 0. The summed E-state index contributed by atoms with van der Waals surface area (Å²) in [6.45, 7) is 2.00. The number of hydrogen-bond donors (Lipinski definition) is 1. The van der Waals surface area contributed by atoms with E-state index in [1.807, 2.05) is 6.07 Å². The molecule has 2 rings (SSSR count). The minimum absolute atomic E-state index is 0.193. The average Bonchev–Trinajstić information content (AvgIpc) is 2.65. The third kappa shape index (κ3) is 4.67. The van der Waals surface area contributed by atoms with Crippen molar-refractivity contribution in [3.63, 3.8) is 0 Å². The minimum atomic E-state index is -0.199. The molecule has 0 radical (unpaired) electrons. The number of nitrogens with one attached hydrogen (secondary N) is 1. The third-order valence-corrected chi connectivity index (χ3v) is 4.08. The van der Waals surface area contributed by atoms with Crippen LogP contribution >= 0.6 is 11.6 Å². The van der Waals surface area contributed by atoms with Crippen molar-refractivity contribution < 1.29 is 19.1 Å². The van der Waals surface area contributed by atoms with Gasteiger partial charge in [0, 0.05) is 37.7 Å². The molecule has 0 heterocycles. The lowest BCUT2D eigenvalue weighted by atomic mass is 10.2. The maximum absolute atomic E-state index is 12.1. The van der Waals surface area contributed by atoms with Gasteiger partial charge < -0.3 is 19.7 Å². The van der Waals surface area contributed by atoms with Crippen LogP contribution in [0.4, 0.5) is 5.69 Å². The number of methoxy groups -OCH3 is 2. The zero-order valence-corrected chi connectivity index (χ0v) is 15.7. The molecule has 2 aromatic carbocycles. The van der Waals surface area contributed by atoms with E-state index < -0.39 is 0 Å². The second-order valence-electron chi connectivity index (χ2n) is 5.45. The Hall–Kier alpha value is -2.73. The monoisotopic (exact) mass is 376 g/mol. The fourth-order valence-electron chi connectivity index (χ4n) is 2.48. The van der Waals surface area contributed by atoms with E-state index in [4.69, 9.17) is 21.1 Å². The summed E-state index contributed by atoms with van der Waals surface area (Å²) in [4.78, 5) is 25.8. The number of anilines is 1. The summed E-state index contributed by atoms with van der Waals surface area (Å²) in [7, 11) is 2.99. The Balaban J connectivity index is 2.14. The molecule has 0 spiro atoms. The van der Waals surface area contributed by atoms with E-state index >= 15 is 0 Å². The second kappa shape index (κ2) is 9.10. The number of nitrogens with zero attached hydrogens (tertiary/aromatic N) is 1. The first-order valence-corrected chi connectivity index (χ1v) is 8.38. The van der Waals surface area contributed by atoms with Crippen molar-refractivity contribution in [2.45, 2.75) is 6.92 Å². The van der Waals surface area contributed by atoms with Crippen LogP contribution in [0.5, 0.6) is 11.5 Å². The van der Waals surface area contributed by atoms with Gasteiger partial charge in [-0.1, -0.05) is 29.8 Å². The number of benzene rings is 2. The molecule has 0 atom stereocenters. The van der Waals surface area contributed by atoms with Gasteiger partial charge in [0.2, 0.25) is 5.91 Å². The lowest BCUT2D eigenvalue weighted by Gasteiger charge is -2.24. The van der Waals surface area contributed by atoms with Crippen LogP contribution in [0.15, 0.2) is 42.5 Å². The van der Waals surface area contributed by atoms with Crippen LogP contribution in [-0.4, -0.2) is 39.1 Å². The van der Waals surface area contributed by atoms with Gasteiger partial charge in [0.1, 0.15) is 11.5 Å². The fourth-order valence-corrected chi connectivity index (χ4v) is 2.71. The number of ether oxygens (including phenoxy) is 2. The van der Waals surface area contributed by atoms with E-state index in [2.05, 4.69) is 5.32 Å². The molecular formula is C19H21ClN2O4. The molecule has 0 aliphatic rings. The van der Waals surface area contributed by atoms with Crippen molar-refractivity contribution in [1.29, 1.82) is 0 Å². The fraction of sp³-hybridized carbons (Fsp3) is 0.263. The highest BCUT2D eigenvalue weighted by atomic mass is 35.5. The van der Waals surface area contributed by atoms with Crippen molar-refractivity contribution in [2.75, 3.05) is 32.2 Å². The highest BCUT2D eigenvalue weighted by molar-refractivity contribution is 6.32. The predicted molar refractivity (Wildman–Crippen MR) is 101 cm³/mol. The van der Waals surface area contributed by atoms with Gasteiger partial charge in [0.25, 0.3) is 5.91 Å². The molecule has 7 heteroatoms. The van der Waals surface area contributed by atoms with E-state index in [1.165, 1.54) is 26.0 Å². The molecule has 26 heavy (non-hydrogen) atoms. The summed E-state index contributed by atoms with van der Waals surface area (Å²) in [5.41, 5.74) is 1.09. The Kier molecular flexibility index (Phi) is 6.86. The lowest BCUT2D eigenvalue weighted by molar-refractivity contribution is -0.116. The number of carbonyl (C=O) groups is 2. The highest BCUT2D eigenvalue weighted by Crippen LogP contribution is 2.38. The first-order chi connectivity index (χ1) is 12.5. The van der Waals surface area contributed by atoms with Crippen molar-refractivity contribution in [3.05, 3.63) is 53.1 Å². The topological polar surface area (TPSA) is 67.9 Å². The van der Waals surface area contributed by atoms with Crippen LogP contribution < -0.4 is 19.7 Å². The molecule has 138 valence electrons. The highest BCUT2D eigenvalue weighted by Gasteiger charge is 2.19. The van der Waals surface area contributed by atoms with Crippen LogP contribution in [0, 0.1) is 0 Å². The summed E-state index contributed by atoms with van der Waals surface area (Å²) < 4.78 is 10.6. The number of rotatable bonds is 7. The molecule has 0 aromatic heterocycles. The number of amides is 2. The Morgan fingerprint density at radius 3 is 2.31 bits per heavy atom. The van der Waals surface area contributed by atoms with E-state index in [0.717, 1.165) is 0 Å². The normalized spacial score (nSPS) is 10.2. The molecule has 0 saturated heterocycles. The average molecular weight is 377 g/mol. The molecule has 0 unspecified atom stereocenters. The maximum Gasteiger partial charge on any atom is 0.251 e. The molecule has 6 nitrogen and oxygen atoms in total. The van der Waals surface area contributed by atoms with E-state index in [0.29, 0.717) is 27.8 Å². The summed E-state index contributed by atoms with van der Waals surface area (Å²) >= 11 is 6.11. The molecule has 0 fully saturated rings. The summed E-state index contributed by atoms with van der Waals surface area (Å²) in [5, 5.41) is 3.18. The van der Waals surface area contributed by atoms with Crippen molar-refractivity contribution in [3.8, 4) is 11.5 Å². The molecular weight excluding hydrogens is 356 g/mol. The Morgan fingerprint density at radius 1 is 1.08 bits per heavy atom. The molecule has 0 bridgehead atoms. The van der Waals surface area contributed by atoms with Gasteiger partial charge >= 0.3 is 0 Å². The zero-order valence-electron chi connectivity index (χ0n) is 14.9. The predicted octanol–water partition coefficient (Wildman–Crippen LogP) is 3.14. The Morgan fingerprint density at radius 2 is 1.73 bits per heavy atom. The lowest BCUT2D eigenvalue weighted by Crippen LogP contribution is -2.37. The number of carbonyl (C=O) groups excluding carboxylic acids is 2. The van der Waals surface area contributed by atoms with Crippen molar-refractivity contribution in [2.24, 2.45) is 0 Å². The SMILES string of the molecule is COc1cc(N(CCNC(=O)c2ccccc2)C(C)=O)c(OC)cc1Cl. The molecule has 2 amide bonds. The molecule has 2 aromatic rings. The van der Waals surface area contributed by atoms with Gasteiger partial charge in [0.15, 0.2) is 0 Å². The van der Waals surface area contributed by atoms with Crippen molar-refractivity contribution in [1.82, 2.24) is 5.32 Å². The molecule has 1 N–H and O–H groups in total. The van der Waals surface area contributed by atoms with Crippen LogP contribution in [0.1, 0.15) is 17.3 Å². The smallest absolute Gasteiger partial charge is 0.251 e. The Bertz CT molecular complexity index is 781. The van der Waals surface area contributed by atoms with Gasteiger partial charge in [-0.25, -0.2) is 0 Å². The summed E-state index contributed by atoms with van der Waals surface area (Å²) in [6, 6.07) is 12.1. The van der Waals surface area contributed by atoms with Crippen molar-refractivity contribution >= 4 is 29.1 Å². The number of halogens is 1. The standard InChI is InChI=1S/C19H21ClN2O4/c1-13(23)22(10-9-21-19(24)14-7-5-4-6-8-14)16-12-17(25-2)15(20)11-18(16)26-3/h4-8,11-12H,9-10H2,1-3H3,(H,21,24). The maximum atomic E-state index is 12.1. The minimum Gasteiger partial charge on any atom is -0.495 e. The Labute approximate surface area is 157 Å². The van der Waals surface area contributed by atoms with E-state index in [-0.39, 0.29) is 24.9 Å². The zero-order chi connectivity index (χ0) is 19.1. The van der Waals surface area contributed by atoms with Crippen LogP contribution in [0.25, 0.3) is 0 Å². The second-order valence-corrected chi connectivity index (χ2v) is 5.86. The van der Waals surface area contributed by atoms with E-state index in [9.17, 15) is 9.59 Å².